The first-order valence-corrected chi connectivity index (χ1v) is 5.75. The van der Waals surface area contributed by atoms with E-state index >= 15 is 0 Å². The Hall–Kier alpha value is -2.41. The highest BCUT2D eigenvalue weighted by Gasteiger charge is 2.16. The van der Waals surface area contributed by atoms with Crippen molar-refractivity contribution in [1.82, 2.24) is 19.8 Å². The van der Waals surface area contributed by atoms with Crippen LogP contribution >= 0.6 is 11.6 Å². The Kier molecular flexibility index (Phi) is 2.68. The number of aryl methyl sites for hydroxylation is 1. The van der Waals surface area contributed by atoms with Crippen LogP contribution in [0.3, 0.4) is 0 Å². The van der Waals surface area contributed by atoms with Gasteiger partial charge in [-0.3, -0.25) is 4.79 Å². The second kappa shape index (κ2) is 4.36. The van der Waals surface area contributed by atoms with Gasteiger partial charge in [0.2, 0.25) is 0 Å². The first-order chi connectivity index (χ1) is 9.15. The fourth-order valence-corrected chi connectivity index (χ4v) is 1.75. The summed E-state index contributed by atoms with van der Waals surface area (Å²) in [7, 11) is 0. The van der Waals surface area contributed by atoms with Crippen molar-refractivity contribution in [3.8, 4) is 0 Å². The average molecular weight is 278 g/mol. The number of nitrogens with zero attached hydrogens (tertiary/aromatic N) is 4. The number of halogens is 1. The Morgan fingerprint density at radius 2 is 2.32 bits per heavy atom. The summed E-state index contributed by atoms with van der Waals surface area (Å²) in [6, 6.07) is 1.59. The van der Waals surface area contributed by atoms with E-state index in [1.54, 1.807) is 19.2 Å². The second-order valence-corrected chi connectivity index (χ2v) is 4.21. The van der Waals surface area contributed by atoms with Crippen LogP contribution in [-0.4, -0.2) is 25.7 Å². The van der Waals surface area contributed by atoms with E-state index in [1.165, 1.54) is 16.9 Å². The third kappa shape index (κ3) is 2.04. The molecule has 0 saturated heterocycles. The van der Waals surface area contributed by atoms with Crippen LogP contribution in [0.25, 0.3) is 5.65 Å². The van der Waals surface area contributed by atoms with Gasteiger partial charge in [-0.05, 0) is 13.0 Å². The molecule has 0 aromatic carbocycles. The molecule has 0 unspecified atom stereocenters. The molecule has 3 rings (SSSR count). The lowest BCUT2D eigenvalue weighted by Crippen LogP contribution is -2.12. The Balaban J connectivity index is 1.98. The summed E-state index contributed by atoms with van der Waals surface area (Å²) < 4.78 is 6.34. The van der Waals surface area contributed by atoms with Crippen LogP contribution in [0.1, 0.15) is 16.1 Å². The average Bonchev–Trinajstić information content (AvgIpc) is 2.96. The Bertz CT molecular complexity index is 763. The van der Waals surface area contributed by atoms with Gasteiger partial charge in [0.25, 0.3) is 5.91 Å². The quantitative estimate of drug-likeness (QED) is 0.724. The van der Waals surface area contributed by atoms with Gasteiger partial charge in [0.1, 0.15) is 16.4 Å². The van der Waals surface area contributed by atoms with Crippen molar-refractivity contribution in [2.75, 3.05) is 5.32 Å². The molecule has 3 aromatic heterocycles. The SMILES string of the molecule is Cc1oncc1NC(=O)c1cnn2ccc(Cl)nc12. The first kappa shape index (κ1) is 11.7. The Morgan fingerprint density at radius 1 is 1.47 bits per heavy atom. The lowest BCUT2D eigenvalue weighted by molar-refractivity contribution is 0.102. The third-order valence-electron chi connectivity index (χ3n) is 2.58. The number of hydrogen-bond acceptors (Lipinski definition) is 5. The van der Waals surface area contributed by atoms with E-state index in [0.29, 0.717) is 27.8 Å². The number of nitrogens with one attached hydrogen (secondary N) is 1. The highest BCUT2D eigenvalue weighted by Crippen LogP contribution is 2.16. The van der Waals surface area contributed by atoms with E-state index in [4.69, 9.17) is 16.1 Å². The molecule has 0 bridgehead atoms. The topological polar surface area (TPSA) is 85.3 Å². The minimum Gasteiger partial charge on any atom is -0.359 e. The van der Waals surface area contributed by atoms with Crippen molar-refractivity contribution in [3.05, 3.63) is 41.1 Å². The summed E-state index contributed by atoms with van der Waals surface area (Å²) in [5, 5.41) is 10.6. The van der Waals surface area contributed by atoms with Gasteiger partial charge in [-0.15, -0.1) is 0 Å². The number of hydrogen-bond donors (Lipinski definition) is 1. The molecule has 19 heavy (non-hydrogen) atoms. The summed E-state index contributed by atoms with van der Waals surface area (Å²) in [4.78, 5) is 16.2. The van der Waals surface area contributed by atoms with Gasteiger partial charge < -0.3 is 9.84 Å². The second-order valence-electron chi connectivity index (χ2n) is 3.83. The van der Waals surface area contributed by atoms with Crippen molar-refractivity contribution in [3.63, 3.8) is 0 Å². The molecule has 0 aliphatic rings. The monoisotopic (exact) mass is 277 g/mol. The van der Waals surface area contributed by atoms with Crippen molar-refractivity contribution in [2.45, 2.75) is 6.92 Å². The standard InChI is InChI=1S/C11H8ClN5O2/c1-6-8(5-14-19-6)15-11(18)7-4-13-17-3-2-9(12)16-10(7)17/h2-5H,1H3,(H,15,18). The molecule has 0 spiro atoms. The smallest absolute Gasteiger partial charge is 0.261 e. The molecule has 3 heterocycles. The fourth-order valence-electron chi connectivity index (χ4n) is 1.62. The molecule has 0 radical (unpaired) electrons. The van der Waals surface area contributed by atoms with Gasteiger partial charge in [0, 0.05) is 6.20 Å². The first-order valence-electron chi connectivity index (χ1n) is 5.37. The van der Waals surface area contributed by atoms with Gasteiger partial charge in [-0.1, -0.05) is 16.8 Å². The number of carbonyl (C=O) groups is 1. The largest absolute Gasteiger partial charge is 0.359 e. The molecule has 0 fully saturated rings. The van der Waals surface area contributed by atoms with Crippen LogP contribution in [-0.2, 0) is 0 Å². The molecule has 3 aromatic rings. The van der Waals surface area contributed by atoms with E-state index in [-0.39, 0.29) is 5.91 Å². The van der Waals surface area contributed by atoms with Crippen molar-refractivity contribution in [2.24, 2.45) is 0 Å². The summed E-state index contributed by atoms with van der Waals surface area (Å²) in [6.45, 7) is 1.70. The van der Waals surface area contributed by atoms with E-state index in [9.17, 15) is 4.79 Å². The highest BCUT2D eigenvalue weighted by atomic mass is 35.5. The normalized spacial score (nSPS) is 10.8. The van der Waals surface area contributed by atoms with Gasteiger partial charge in [-0.2, -0.15) is 5.10 Å². The van der Waals surface area contributed by atoms with E-state index in [2.05, 4.69) is 20.6 Å². The summed E-state index contributed by atoms with van der Waals surface area (Å²) in [5.41, 5.74) is 1.22. The van der Waals surface area contributed by atoms with Crippen LogP contribution in [0.4, 0.5) is 5.69 Å². The maximum absolute atomic E-state index is 12.1. The molecule has 0 aliphatic carbocycles. The number of carbonyl (C=O) groups excluding carboxylic acids is 1. The molecule has 7 nitrogen and oxygen atoms in total. The van der Waals surface area contributed by atoms with Crippen molar-refractivity contribution < 1.29 is 9.32 Å². The van der Waals surface area contributed by atoms with Gasteiger partial charge in [-0.25, -0.2) is 9.50 Å². The van der Waals surface area contributed by atoms with E-state index in [0.717, 1.165) is 0 Å². The number of anilines is 1. The van der Waals surface area contributed by atoms with Gasteiger partial charge in [0.05, 0.1) is 12.4 Å². The zero-order chi connectivity index (χ0) is 13.4. The van der Waals surface area contributed by atoms with Crippen LogP contribution in [0.2, 0.25) is 5.15 Å². The molecule has 1 N–H and O–H groups in total. The Labute approximate surface area is 112 Å². The summed E-state index contributed by atoms with van der Waals surface area (Å²) >= 11 is 5.81. The molecule has 0 aliphatic heterocycles. The predicted molar refractivity (Wildman–Crippen MR) is 67.2 cm³/mol. The van der Waals surface area contributed by atoms with Crippen molar-refractivity contribution >= 4 is 28.8 Å². The van der Waals surface area contributed by atoms with Crippen LogP contribution in [0.5, 0.6) is 0 Å². The number of rotatable bonds is 2. The molecule has 1 amide bonds. The maximum Gasteiger partial charge on any atom is 0.261 e. The zero-order valence-corrected chi connectivity index (χ0v) is 10.5. The number of fused-ring (bicyclic) bond motifs is 1. The molecule has 96 valence electrons. The molecule has 0 saturated carbocycles. The number of aromatic nitrogens is 4. The predicted octanol–water partition coefficient (Wildman–Crippen LogP) is 1.93. The number of amides is 1. The summed E-state index contributed by atoms with van der Waals surface area (Å²) in [5.74, 6) is 0.173. The lowest BCUT2D eigenvalue weighted by Gasteiger charge is -2.01. The Morgan fingerprint density at radius 3 is 3.05 bits per heavy atom. The molecular formula is C11H8ClN5O2. The van der Waals surface area contributed by atoms with Crippen LogP contribution in [0, 0.1) is 6.92 Å². The van der Waals surface area contributed by atoms with Crippen LogP contribution < -0.4 is 5.32 Å². The summed E-state index contributed by atoms with van der Waals surface area (Å²) in [6.07, 6.45) is 4.49. The van der Waals surface area contributed by atoms with Crippen molar-refractivity contribution in [1.29, 1.82) is 0 Å². The van der Waals surface area contributed by atoms with Gasteiger partial charge in [0.15, 0.2) is 11.4 Å². The zero-order valence-electron chi connectivity index (χ0n) is 9.79. The van der Waals surface area contributed by atoms with Gasteiger partial charge >= 0.3 is 0 Å². The van der Waals surface area contributed by atoms with E-state index < -0.39 is 0 Å². The lowest BCUT2D eigenvalue weighted by atomic mass is 10.3. The van der Waals surface area contributed by atoms with Crippen LogP contribution in [0.15, 0.2) is 29.2 Å². The minimum absolute atomic E-state index is 0.295. The maximum atomic E-state index is 12.1. The molecule has 0 atom stereocenters. The highest BCUT2D eigenvalue weighted by molar-refractivity contribution is 6.29. The molecular weight excluding hydrogens is 270 g/mol. The third-order valence-corrected chi connectivity index (χ3v) is 2.79. The van der Waals surface area contributed by atoms with E-state index in [1.807, 2.05) is 0 Å². The molecule has 8 heteroatoms. The fraction of sp³-hybridized carbons (Fsp3) is 0.0909. The minimum atomic E-state index is -0.351.